The summed E-state index contributed by atoms with van der Waals surface area (Å²) < 4.78 is 7.17. The fraction of sp³-hybridized carbons (Fsp3) is 0.250. The lowest BCUT2D eigenvalue weighted by atomic mass is 9.88. The van der Waals surface area contributed by atoms with Crippen molar-refractivity contribution >= 4 is 17.5 Å². The molecule has 7 nitrogen and oxygen atoms in total. The molecular formula is C28H28N4O3. The normalized spacial score (nSPS) is 14.1. The molecule has 0 saturated carbocycles. The number of nitrogens with one attached hydrogen (secondary N) is 1. The molecule has 7 heteroatoms. The summed E-state index contributed by atoms with van der Waals surface area (Å²) >= 11 is 0. The van der Waals surface area contributed by atoms with Crippen molar-refractivity contribution in [1.29, 1.82) is 0 Å². The molecule has 5 rings (SSSR count). The van der Waals surface area contributed by atoms with Crippen LogP contribution in [0.4, 0.5) is 0 Å². The Labute approximate surface area is 204 Å². The number of piperidine rings is 1. The molecule has 2 aromatic carbocycles. The third-order valence-corrected chi connectivity index (χ3v) is 6.66. The van der Waals surface area contributed by atoms with Gasteiger partial charge in [-0.1, -0.05) is 18.2 Å². The highest BCUT2D eigenvalue weighted by molar-refractivity contribution is 5.95. The fourth-order valence-electron chi connectivity index (χ4n) is 4.61. The summed E-state index contributed by atoms with van der Waals surface area (Å²) in [7, 11) is 1.60. The number of benzene rings is 2. The van der Waals surface area contributed by atoms with Gasteiger partial charge < -0.3 is 19.4 Å². The Morgan fingerprint density at radius 3 is 2.57 bits per heavy atom. The Balaban J connectivity index is 1.14. The number of hydrogen-bond donors (Lipinski definition) is 1. The summed E-state index contributed by atoms with van der Waals surface area (Å²) in [6, 6.07) is 19.1. The Bertz CT molecular complexity index is 1340. The maximum absolute atomic E-state index is 12.9. The van der Waals surface area contributed by atoms with Gasteiger partial charge in [-0.25, -0.2) is 4.98 Å². The first-order valence-corrected chi connectivity index (χ1v) is 11.8. The lowest BCUT2D eigenvalue weighted by Crippen LogP contribution is -2.37. The minimum absolute atomic E-state index is 0.0428. The highest BCUT2D eigenvalue weighted by Gasteiger charge is 2.25. The summed E-state index contributed by atoms with van der Waals surface area (Å²) in [5.74, 6) is 1.01. The van der Waals surface area contributed by atoms with Gasteiger partial charge in [-0.3, -0.25) is 9.59 Å². The van der Waals surface area contributed by atoms with Crippen LogP contribution in [0.2, 0.25) is 0 Å². The monoisotopic (exact) mass is 468 g/mol. The number of hydrogen-bond acceptors (Lipinski definition) is 4. The van der Waals surface area contributed by atoms with Crippen LogP contribution in [0.25, 0.3) is 5.65 Å². The number of rotatable bonds is 6. The maximum atomic E-state index is 12.9. The van der Waals surface area contributed by atoms with E-state index in [1.807, 2.05) is 76.3 Å². The first-order valence-electron chi connectivity index (χ1n) is 11.8. The molecule has 1 aliphatic rings. The molecular weight excluding hydrogens is 440 g/mol. The zero-order valence-corrected chi connectivity index (χ0v) is 19.7. The van der Waals surface area contributed by atoms with Crippen LogP contribution in [-0.4, -0.2) is 46.3 Å². The van der Waals surface area contributed by atoms with Crippen molar-refractivity contribution in [2.24, 2.45) is 0 Å². The summed E-state index contributed by atoms with van der Waals surface area (Å²) in [4.78, 5) is 31.7. The number of fused-ring (bicyclic) bond motifs is 1. The molecule has 4 aromatic rings. The number of imidazole rings is 1. The largest absolute Gasteiger partial charge is 0.497 e. The molecule has 0 unspecified atom stereocenters. The fourth-order valence-corrected chi connectivity index (χ4v) is 4.61. The van der Waals surface area contributed by atoms with Crippen molar-refractivity contribution in [2.45, 2.75) is 25.3 Å². The van der Waals surface area contributed by atoms with Crippen molar-refractivity contribution in [1.82, 2.24) is 19.6 Å². The molecule has 3 heterocycles. The zero-order valence-electron chi connectivity index (χ0n) is 19.7. The van der Waals surface area contributed by atoms with E-state index in [1.165, 1.54) is 5.56 Å². The van der Waals surface area contributed by atoms with Crippen LogP contribution >= 0.6 is 0 Å². The smallest absolute Gasteiger partial charge is 0.253 e. The van der Waals surface area contributed by atoms with Gasteiger partial charge in [-0.05, 0) is 72.4 Å². The van der Waals surface area contributed by atoms with Gasteiger partial charge in [-0.2, -0.15) is 0 Å². The molecule has 1 saturated heterocycles. The van der Waals surface area contributed by atoms with Gasteiger partial charge in [0.25, 0.3) is 11.8 Å². The first-order chi connectivity index (χ1) is 17.1. The van der Waals surface area contributed by atoms with E-state index in [0.29, 0.717) is 42.4 Å². The molecule has 1 aliphatic heterocycles. The van der Waals surface area contributed by atoms with Crippen molar-refractivity contribution < 1.29 is 14.3 Å². The summed E-state index contributed by atoms with van der Waals surface area (Å²) in [6.45, 7) is 1.87. The van der Waals surface area contributed by atoms with Crippen LogP contribution in [-0.2, 0) is 6.54 Å². The molecule has 0 radical (unpaired) electrons. The van der Waals surface area contributed by atoms with Crippen LogP contribution in [0.15, 0.2) is 79.3 Å². The van der Waals surface area contributed by atoms with Crippen molar-refractivity contribution in [2.75, 3.05) is 20.2 Å². The number of methoxy groups -OCH3 is 1. The quantitative estimate of drug-likeness (QED) is 0.458. The summed E-state index contributed by atoms with van der Waals surface area (Å²) in [5.41, 5.74) is 4.37. The SMILES string of the molecule is COc1cccc(C(=O)N2CCC(c3ccc(C(=O)NCc4ccn5ccnc5c4)cc3)CC2)c1. The number of carbonyl (C=O) groups excluding carboxylic acids is 2. The second kappa shape index (κ2) is 10.0. The Morgan fingerprint density at radius 1 is 1.00 bits per heavy atom. The Kier molecular flexibility index (Phi) is 6.48. The van der Waals surface area contributed by atoms with Gasteiger partial charge in [-0.15, -0.1) is 0 Å². The Morgan fingerprint density at radius 2 is 1.80 bits per heavy atom. The minimum atomic E-state index is -0.0986. The molecule has 0 atom stereocenters. The number of aromatic nitrogens is 2. The number of carbonyl (C=O) groups is 2. The van der Waals surface area contributed by atoms with Crippen molar-refractivity contribution in [3.05, 3.63) is 102 Å². The van der Waals surface area contributed by atoms with Crippen LogP contribution in [0.5, 0.6) is 5.75 Å². The molecule has 2 amide bonds. The molecule has 0 spiro atoms. The average Bonchev–Trinajstić information content (AvgIpc) is 3.39. The summed E-state index contributed by atoms with van der Waals surface area (Å²) in [5, 5.41) is 2.98. The van der Waals surface area contributed by atoms with Crippen LogP contribution in [0, 0.1) is 0 Å². The summed E-state index contributed by atoms with van der Waals surface area (Å²) in [6.07, 6.45) is 7.38. The van der Waals surface area contributed by atoms with Gasteiger partial charge in [0.15, 0.2) is 0 Å². The lowest BCUT2D eigenvalue weighted by molar-refractivity contribution is 0.0712. The van der Waals surface area contributed by atoms with Gasteiger partial charge in [0, 0.05) is 49.4 Å². The van der Waals surface area contributed by atoms with Crippen molar-refractivity contribution in [3.63, 3.8) is 0 Å². The lowest BCUT2D eigenvalue weighted by Gasteiger charge is -2.32. The van der Waals surface area contributed by atoms with Gasteiger partial charge in [0.2, 0.25) is 0 Å². The van der Waals surface area contributed by atoms with Gasteiger partial charge in [0.1, 0.15) is 11.4 Å². The predicted molar refractivity (Wildman–Crippen MR) is 134 cm³/mol. The van der Waals surface area contributed by atoms with Gasteiger partial charge in [0.05, 0.1) is 7.11 Å². The molecule has 1 N–H and O–H groups in total. The van der Waals surface area contributed by atoms with Crippen LogP contribution < -0.4 is 10.1 Å². The number of ether oxygens (including phenoxy) is 1. The molecule has 2 aromatic heterocycles. The second-order valence-corrected chi connectivity index (χ2v) is 8.83. The van der Waals surface area contributed by atoms with E-state index in [1.54, 1.807) is 19.4 Å². The average molecular weight is 469 g/mol. The Hall–Kier alpha value is -4.13. The van der Waals surface area contributed by atoms with E-state index in [4.69, 9.17) is 4.74 Å². The third kappa shape index (κ3) is 5.04. The first kappa shape index (κ1) is 22.7. The van der Waals surface area contributed by atoms with E-state index in [-0.39, 0.29) is 11.8 Å². The maximum Gasteiger partial charge on any atom is 0.253 e. The third-order valence-electron chi connectivity index (χ3n) is 6.66. The van der Waals surface area contributed by atoms with E-state index in [0.717, 1.165) is 24.1 Å². The van der Waals surface area contributed by atoms with E-state index in [9.17, 15) is 9.59 Å². The predicted octanol–water partition coefficient (Wildman–Crippen LogP) is 4.29. The van der Waals surface area contributed by atoms with Crippen LogP contribution in [0.3, 0.4) is 0 Å². The number of likely N-dealkylation sites (tertiary alicyclic amines) is 1. The van der Waals surface area contributed by atoms with Crippen molar-refractivity contribution in [3.8, 4) is 5.75 Å². The van der Waals surface area contributed by atoms with Crippen LogP contribution in [0.1, 0.15) is 50.6 Å². The number of pyridine rings is 1. The van der Waals surface area contributed by atoms with E-state index < -0.39 is 0 Å². The minimum Gasteiger partial charge on any atom is -0.497 e. The number of nitrogens with zero attached hydrogens (tertiary/aromatic N) is 3. The molecule has 1 fully saturated rings. The van der Waals surface area contributed by atoms with E-state index >= 15 is 0 Å². The second-order valence-electron chi connectivity index (χ2n) is 8.83. The highest BCUT2D eigenvalue weighted by atomic mass is 16.5. The van der Waals surface area contributed by atoms with E-state index in [2.05, 4.69) is 10.3 Å². The standard InChI is InChI=1S/C28H28N4O3/c1-35-25-4-2-3-24(18-25)28(34)32-14-10-22(11-15-32)21-5-7-23(8-6-21)27(33)30-19-20-9-13-31-16-12-29-26(31)17-20/h2-9,12-13,16-18,22H,10-11,14-15,19H2,1H3,(H,30,33). The molecule has 0 aliphatic carbocycles. The zero-order chi connectivity index (χ0) is 24.2. The molecule has 0 bridgehead atoms. The molecule has 35 heavy (non-hydrogen) atoms. The topological polar surface area (TPSA) is 75.9 Å². The highest BCUT2D eigenvalue weighted by Crippen LogP contribution is 2.29. The van der Waals surface area contributed by atoms with Gasteiger partial charge >= 0.3 is 0 Å². The molecule has 178 valence electrons. The number of amides is 2.